The summed E-state index contributed by atoms with van der Waals surface area (Å²) in [4.78, 5) is 9.48. The molecule has 0 bridgehead atoms. The van der Waals surface area contributed by atoms with E-state index in [0.717, 1.165) is 15.9 Å². The van der Waals surface area contributed by atoms with Gasteiger partial charge < -0.3 is 15.1 Å². The van der Waals surface area contributed by atoms with Gasteiger partial charge in [0.1, 0.15) is 6.61 Å². The van der Waals surface area contributed by atoms with E-state index in [2.05, 4.69) is 15.2 Å². The number of hydrogen-bond acceptors (Lipinski definition) is 6. The lowest BCUT2D eigenvalue weighted by Gasteiger charge is -2.08. The van der Waals surface area contributed by atoms with Crippen molar-refractivity contribution in [3.05, 3.63) is 71.9 Å². The van der Waals surface area contributed by atoms with Gasteiger partial charge in [-0.05, 0) is 11.6 Å². The van der Waals surface area contributed by atoms with Crippen LogP contribution < -0.4 is 4.84 Å². The molecule has 3 rings (SSSR count). The van der Waals surface area contributed by atoms with Crippen molar-refractivity contribution < 1.29 is 15.1 Å². The van der Waals surface area contributed by atoms with E-state index in [9.17, 15) is 10.2 Å². The smallest absolute Gasteiger partial charge is 0.229 e. The summed E-state index contributed by atoms with van der Waals surface area (Å²) >= 11 is 0. The number of hydrogen-bond donors (Lipinski definition) is 2. The molecule has 1 aromatic carbocycles. The molecule has 0 unspecified atom stereocenters. The monoisotopic (exact) mass is 324 g/mol. The van der Waals surface area contributed by atoms with Crippen LogP contribution in [0, 0.1) is 0 Å². The van der Waals surface area contributed by atoms with E-state index in [-0.39, 0.29) is 18.4 Å². The van der Waals surface area contributed by atoms with Crippen LogP contribution in [0.2, 0.25) is 0 Å². The summed E-state index contributed by atoms with van der Waals surface area (Å²) in [6.45, 7) is 0.643. The first-order chi connectivity index (χ1) is 11.7. The third-order valence-corrected chi connectivity index (χ3v) is 3.24. The fourth-order valence-corrected chi connectivity index (χ4v) is 2.01. The van der Waals surface area contributed by atoms with Gasteiger partial charge in [0.25, 0.3) is 0 Å². The highest BCUT2D eigenvalue weighted by Gasteiger charge is 2.06. The van der Waals surface area contributed by atoms with E-state index < -0.39 is 0 Å². The summed E-state index contributed by atoms with van der Waals surface area (Å²) in [5.41, 5.74) is 1.85. The number of nitrogens with zero attached hydrogens (tertiary/aromatic N) is 4. The Kier molecular flexibility index (Phi) is 4.71. The van der Waals surface area contributed by atoms with Gasteiger partial charge >= 0.3 is 0 Å². The van der Waals surface area contributed by atoms with Crippen molar-refractivity contribution >= 4 is 5.82 Å². The molecular weight excluding hydrogens is 308 g/mol. The molecule has 0 aliphatic heterocycles. The minimum absolute atomic E-state index is 0.143. The zero-order chi connectivity index (χ0) is 16.8. The maximum Gasteiger partial charge on any atom is 0.229 e. The van der Waals surface area contributed by atoms with Gasteiger partial charge in [-0.25, -0.2) is 4.98 Å². The lowest BCUT2D eigenvalue weighted by atomic mass is 10.2. The normalized spacial score (nSPS) is 11.0. The summed E-state index contributed by atoms with van der Waals surface area (Å²) in [5, 5.41) is 27.1. The molecule has 0 aliphatic carbocycles. The van der Waals surface area contributed by atoms with Crippen LogP contribution in [0.3, 0.4) is 0 Å². The second-order valence-electron chi connectivity index (χ2n) is 5.03. The van der Waals surface area contributed by atoms with Crippen LogP contribution in [-0.4, -0.2) is 19.9 Å². The Hall–Kier alpha value is -3.35. The standard InChI is InChI=1S/C17H16N4O3/c22-16-8-9-17(23)21(16)24-12-14-6-7-15(18-10-14)20-19-11-13-4-2-1-3-5-13/h1-10,22-23H,11-12H2. The van der Waals surface area contributed by atoms with Crippen molar-refractivity contribution in [2.45, 2.75) is 13.2 Å². The van der Waals surface area contributed by atoms with Crippen molar-refractivity contribution in [1.29, 1.82) is 0 Å². The zero-order valence-electron chi connectivity index (χ0n) is 12.8. The lowest BCUT2D eigenvalue weighted by Crippen LogP contribution is -2.10. The molecule has 0 amide bonds. The van der Waals surface area contributed by atoms with Gasteiger partial charge in [-0.15, -0.1) is 9.84 Å². The summed E-state index contributed by atoms with van der Waals surface area (Å²) in [6.07, 6.45) is 1.61. The molecule has 2 aromatic heterocycles. The van der Waals surface area contributed by atoms with Crippen molar-refractivity contribution in [2.24, 2.45) is 10.2 Å². The summed E-state index contributed by atoms with van der Waals surface area (Å²) in [5.74, 6) is 0.153. The number of aromatic hydroxyl groups is 2. The number of rotatable bonds is 6. The van der Waals surface area contributed by atoms with Crippen LogP contribution in [0.5, 0.6) is 11.8 Å². The van der Waals surface area contributed by atoms with Crippen molar-refractivity contribution in [3.8, 4) is 11.8 Å². The molecule has 2 N–H and O–H groups in total. The van der Waals surface area contributed by atoms with Gasteiger partial charge in [0.05, 0.1) is 6.54 Å². The Morgan fingerprint density at radius 3 is 2.33 bits per heavy atom. The van der Waals surface area contributed by atoms with Crippen LogP contribution >= 0.6 is 0 Å². The third kappa shape index (κ3) is 3.89. The molecule has 0 radical (unpaired) electrons. The quantitative estimate of drug-likeness (QED) is 0.681. The molecule has 24 heavy (non-hydrogen) atoms. The lowest BCUT2D eigenvalue weighted by molar-refractivity contribution is 0.0642. The third-order valence-electron chi connectivity index (χ3n) is 3.24. The Balaban J connectivity index is 1.55. The fraction of sp³-hybridized carbons (Fsp3) is 0.118. The van der Waals surface area contributed by atoms with E-state index >= 15 is 0 Å². The molecule has 2 heterocycles. The van der Waals surface area contributed by atoms with E-state index in [1.54, 1.807) is 18.3 Å². The molecule has 7 heteroatoms. The molecule has 0 atom stereocenters. The Bertz CT molecular complexity index is 794. The second-order valence-corrected chi connectivity index (χ2v) is 5.03. The highest BCUT2D eigenvalue weighted by molar-refractivity contribution is 5.28. The summed E-state index contributed by atoms with van der Waals surface area (Å²) in [6, 6.07) is 16.0. The highest BCUT2D eigenvalue weighted by atomic mass is 16.7. The molecule has 0 saturated heterocycles. The minimum atomic E-state index is -0.174. The van der Waals surface area contributed by atoms with Gasteiger partial charge in [-0.2, -0.15) is 5.11 Å². The molecule has 0 spiro atoms. The SMILES string of the molecule is Oc1ccc(O)n1OCc1ccc(N=NCc2ccccc2)nc1. The molecule has 0 saturated carbocycles. The maximum atomic E-state index is 9.48. The Morgan fingerprint density at radius 2 is 1.67 bits per heavy atom. The predicted octanol–water partition coefficient (Wildman–Crippen LogP) is 3.21. The number of benzene rings is 1. The van der Waals surface area contributed by atoms with E-state index in [4.69, 9.17) is 4.84 Å². The van der Waals surface area contributed by atoms with Gasteiger partial charge in [0, 0.05) is 23.9 Å². The first-order valence-corrected chi connectivity index (χ1v) is 7.32. The average molecular weight is 324 g/mol. The zero-order valence-corrected chi connectivity index (χ0v) is 12.8. The number of aromatic nitrogens is 2. The van der Waals surface area contributed by atoms with Gasteiger partial charge in [-0.1, -0.05) is 36.4 Å². The summed E-state index contributed by atoms with van der Waals surface area (Å²) in [7, 11) is 0. The molecular formula is C17H16N4O3. The number of pyridine rings is 1. The Labute approximate surface area is 138 Å². The second kappa shape index (κ2) is 7.28. The van der Waals surface area contributed by atoms with Crippen LogP contribution in [0.4, 0.5) is 5.82 Å². The molecule has 0 fully saturated rings. The van der Waals surface area contributed by atoms with Gasteiger partial charge in [-0.3, -0.25) is 0 Å². The predicted molar refractivity (Wildman–Crippen MR) is 86.9 cm³/mol. The highest BCUT2D eigenvalue weighted by Crippen LogP contribution is 2.19. The molecule has 7 nitrogen and oxygen atoms in total. The minimum Gasteiger partial charge on any atom is -0.492 e. The van der Waals surface area contributed by atoms with Gasteiger partial charge in [0.2, 0.25) is 11.8 Å². The van der Waals surface area contributed by atoms with Crippen molar-refractivity contribution in [3.63, 3.8) is 0 Å². The van der Waals surface area contributed by atoms with E-state index in [1.165, 1.54) is 12.1 Å². The van der Waals surface area contributed by atoms with Crippen molar-refractivity contribution in [2.75, 3.05) is 0 Å². The van der Waals surface area contributed by atoms with E-state index in [1.807, 2.05) is 30.3 Å². The topological polar surface area (TPSA) is 92.2 Å². The largest absolute Gasteiger partial charge is 0.492 e. The summed E-state index contributed by atoms with van der Waals surface area (Å²) < 4.78 is 0.938. The van der Waals surface area contributed by atoms with Crippen molar-refractivity contribution in [1.82, 2.24) is 9.71 Å². The molecule has 3 aromatic rings. The Morgan fingerprint density at radius 1 is 0.917 bits per heavy atom. The average Bonchev–Trinajstić information content (AvgIpc) is 2.93. The van der Waals surface area contributed by atoms with Crippen LogP contribution in [0.1, 0.15) is 11.1 Å². The van der Waals surface area contributed by atoms with Crippen LogP contribution in [-0.2, 0) is 13.2 Å². The van der Waals surface area contributed by atoms with Crippen LogP contribution in [0.15, 0.2) is 71.0 Å². The first kappa shape index (κ1) is 15.5. The van der Waals surface area contributed by atoms with E-state index in [0.29, 0.717) is 12.4 Å². The first-order valence-electron chi connectivity index (χ1n) is 7.32. The molecule has 0 aliphatic rings. The molecule has 122 valence electrons. The number of azo groups is 1. The maximum absolute atomic E-state index is 9.48. The van der Waals surface area contributed by atoms with Crippen LogP contribution in [0.25, 0.3) is 0 Å². The fourth-order valence-electron chi connectivity index (χ4n) is 2.01. The van der Waals surface area contributed by atoms with Gasteiger partial charge in [0.15, 0.2) is 5.82 Å².